The predicted molar refractivity (Wildman–Crippen MR) is 68.8 cm³/mol. The van der Waals surface area contributed by atoms with Crippen LogP contribution in [0.15, 0.2) is 0 Å². The summed E-state index contributed by atoms with van der Waals surface area (Å²) < 4.78 is 5.11. The van der Waals surface area contributed by atoms with Crippen LogP contribution in [0.5, 0.6) is 0 Å². The maximum Gasteiger partial charge on any atom is -0.153 e. The standard InChI is InChI=1S/C9H17O2.H3P.H2S.Tl/c10-7-3-6-9(11)8-4-1-2-5-8;;;/h8-9,11H,1-7H2;1H3;1H2;/q-1;;;+1/p-1. The molecule has 1 aliphatic rings. The van der Waals surface area contributed by atoms with Gasteiger partial charge in [-0.1, -0.05) is 0 Å². The summed E-state index contributed by atoms with van der Waals surface area (Å²) in [6.07, 6.45) is 7.05. The molecule has 14 heavy (non-hydrogen) atoms. The van der Waals surface area contributed by atoms with Crippen molar-refractivity contribution in [3.05, 3.63) is 0 Å². The van der Waals surface area contributed by atoms with E-state index in [2.05, 4.69) is 0 Å². The maximum atomic E-state index is 9.73. The van der Waals surface area contributed by atoms with E-state index >= 15 is 0 Å². The van der Waals surface area contributed by atoms with E-state index in [-0.39, 0.29) is 29.5 Å². The Morgan fingerprint density at radius 3 is 2.43 bits per heavy atom. The van der Waals surface area contributed by atoms with Gasteiger partial charge in [0.05, 0.1) is 0 Å². The van der Waals surface area contributed by atoms with E-state index < -0.39 is 0 Å². The summed E-state index contributed by atoms with van der Waals surface area (Å²) in [6.45, 7) is 0.856. The topological polar surface area (TPSA) is 29.5 Å². The Balaban J connectivity index is 0. The van der Waals surface area contributed by atoms with Gasteiger partial charge in [0.1, 0.15) is 0 Å². The first kappa shape index (κ1) is 18.0. The van der Waals surface area contributed by atoms with Crippen LogP contribution in [0.2, 0.25) is 0 Å². The minimum Gasteiger partial charge on any atom is -0.813 e. The molecule has 84 valence electrons. The van der Waals surface area contributed by atoms with Crippen molar-refractivity contribution in [3.63, 3.8) is 0 Å². The first-order valence-corrected chi connectivity index (χ1v) is 6.67. The third-order valence-electron chi connectivity index (χ3n) is 2.71. The van der Waals surface area contributed by atoms with Crippen LogP contribution in [-0.4, -0.2) is 44.0 Å². The summed E-state index contributed by atoms with van der Waals surface area (Å²) in [5.41, 5.74) is 0. The van der Waals surface area contributed by atoms with Crippen molar-refractivity contribution in [2.75, 3.05) is 6.61 Å². The number of hydrogen-bond donors (Lipinski definition) is 1. The van der Waals surface area contributed by atoms with Gasteiger partial charge in [0.25, 0.3) is 0 Å². The van der Waals surface area contributed by atoms with Crippen LogP contribution >= 0.6 is 9.90 Å². The summed E-state index contributed by atoms with van der Waals surface area (Å²) in [5, 5.41) is 9.73. The van der Waals surface area contributed by atoms with Crippen LogP contribution in [0.1, 0.15) is 38.5 Å². The zero-order valence-corrected chi connectivity index (χ0v) is 15.5. The molecule has 1 rings (SSSR count). The van der Waals surface area contributed by atoms with Gasteiger partial charge in [-0.3, -0.25) is 0 Å². The molecule has 1 fully saturated rings. The van der Waals surface area contributed by atoms with E-state index in [4.69, 9.17) is 2.69 Å². The molecule has 2 unspecified atom stereocenters. The molecule has 0 saturated heterocycles. The fraction of sp³-hybridized carbons (Fsp3) is 1.00. The predicted octanol–water partition coefficient (Wildman–Crippen LogP) is 1.21. The SMILES string of the molecule is OC(CCC[O][Tl])C1CCCC1.P.[SH-]. The van der Waals surface area contributed by atoms with Gasteiger partial charge in [-0.05, 0) is 0 Å². The molecular formula is C9H21O2PSTl-. The number of hydrogen-bond acceptors (Lipinski definition) is 3. The Kier molecular flexibility index (Phi) is 14.3. The third-order valence-corrected chi connectivity index (χ3v) is 3.62. The van der Waals surface area contributed by atoms with Gasteiger partial charge < -0.3 is 13.5 Å². The van der Waals surface area contributed by atoms with E-state index in [1.54, 1.807) is 0 Å². The Morgan fingerprint density at radius 1 is 1.36 bits per heavy atom. The second-order valence-electron chi connectivity index (χ2n) is 3.62. The van der Waals surface area contributed by atoms with Crippen LogP contribution < -0.4 is 0 Å². The van der Waals surface area contributed by atoms with Gasteiger partial charge in [0.2, 0.25) is 0 Å². The van der Waals surface area contributed by atoms with Gasteiger partial charge in [-0.15, -0.1) is 0 Å². The molecule has 0 aromatic carbocycles. The number of thiol groups is 1. The molecule has 0 aromatic heterocycles. The normalized spacial score (nSPS) is 18.3. The second-order valence-corrected chi connectivity index (χ2v) is 4.92. The van der Waals surface area contributed by atoms with Crippen molar-refractivity contribution in [2.45, 2.75) is 44.6 Å². The molecule has 1 saturated carbocycles. The molecule has 2 atom stereocenters. The first-order chi connectivity index (χ1) is 5.84. The van der Waals surface area contributed by atoms with Crippen LogP contribution in [0.4, 0.5) is 0 Å². The van der Waals surface area contributed by atoms with E-state index in [0.717, 1.165) is 19.4 Å². The van der Waals surface area contributed by atoms with Crippen molar-refractivity contribution in [3.8, 4) is 0 Å². The fourth-order valence-electron chi connectivity index (χ4n) is 1.95. The summed E-state index contributed by atoms with van der Waals surface area (Å²) in [4.78, 5) is 0. The molecule has 5 heteroatoms. The molecular weight excluding hydrogens is 408 g/mol. The smallest absolute Gasteiger partial charge is 0.153 e. The van der Waals surface area contributed by atoms with E-state index in [9.17, 15) is 5.11 Å². The number of aliphatic hydroxyl groups excluding tert-OH is 1. The number of aliphatic hydroxyl groups is 1. The quantitative estimate of drug-likeness (QED) is 0.235. The monoisotopic (exact) mass is 429 g/mol. The van der Waals surface area contributed by atoms with Crippen molar-refractivity contribution < 1.29 is 7.79 Å². The van der Waals surface area contributed by atoms with Crippen LogP contribution in [0.25, 0.3) is 0 Å². The summed E-state index contributed by atoms with van der Waals surface area (Å²) in [5.74, 6) is 0.599. The van der Waals surface area contributed by atoms with Gasteiger partial charge in [0.15, 0.2) is 0 Å². The first-order valence-electron chi connectivity index (χ1n) is 4.84. The summed E-state index contributed by atoms with van der Waals surface area (Å²) in [7, 11) is 0. The minimum absolute atomic E-state index is 0. The molecule has 0 amide bonds. The number of rotatable bonds is 5. The molecule has 0 spiro atoms. The molecule has 2 nitrogen and oxygen atoms in total. The largest absolute Gasteiger partial charge is 0.813 e. The molecule has 1 N–H and O–H groups in total. The maximum absolute atomic E-state index is 9.73. The third kappa shape index (κ3) is 6.99. The Hall–Kier alpha value is 1.62. The van der Waals surface area contributed by atoms with Crippen molar-refractivity contribution in [2.24, 2.45) is 5.92 Å². The zero-order chi connectivity index (χ0) is 8.81. The van der Waals surface area contributed by atoms with E-state index in [1.807, 2.05) is 0 Å². The molecule has 0 heterocycles. The van der Waals surface area contributed by atoms with Crippen molar-refractivity contribution in [1.29, 1.82) is 0 Å². The van der Waals surface area contributed by atoms with Crippen LogP contribution in [0.3, 0.4) is 0 Å². The minimum atomic E-state index is -0.0485. The van der Waals surface area contributed by atoms with Crippen molar-refractivity contribution >= 4 is 49.6 Å². The molecule has 0 bridgehead atoms. The van der Waals surface area contributed by atoms with Gasteiger partial charge in [-0.25, -0.2) is 0 Å². The van der Waals surface area contributed by atoms with Crippen LogP contribution in [0, 0.1) is 5.92 Å². The average molecular weight is 429 g/mol. The zero-order valence-electron chi connectivity index (χ0n) is 8.69. The molecule has 0 aliphatic heterocycles. The van der Waals surface area contributed by atoms with E-state index in [0.29, 0.717) is 32.1 Å². The van der Waals surface area contributed by atoms with Gasteiger partial charge >= 0.3 is 91.2 Å². The second kappa shape index (κ2) is 11.1. The molecule has 1 aliphatic carbocycles. The Labute approximate surface area is 114 Å². The van der Waals surface area contributed by atoms with Crippen LogP contribution in [-0.2, 0) is 16.2 Å². The van der Waals surface area contributed by atoms with Gasteiger partial charge in [0, 0.05) is 0 Å². The fourth-order valence-corrected chi connectivity index (χ4v) is 2.60. The Bertz CT molecular complexity index is 123. The molecule has 0 radical (unpaired) electrons. The van der Waals surface area contributed by atoms with Gasteiger partial charge in [-0.2, -0.15) is 9.90 Å². The Morgan fingerprint density at radius 2 is 1.93 bits per heavy atom. The molecule has 0 aromatic rings. The summed E-state index contributed by atoms with van der Waals surface area (Å²) in [6, 6.07) is 0. The summed E-state index contributed by atoms with van der Waals surface area (Å²) >= 11 is 0.652. The average Bonchev–Trinajstić information content (AvgIpc) is 2.56. The van der Waals surface area contributed by atoms with Crippen molar-refractivity contribution in [1.82, 2.24) is 0 Å². The van der Waals surface area contributed by atoms with E-state index in [1.165, 1.54) is 25.7 Å².